The first-order valence-corrected chi connectivity index (χ1v) is 8.93. The number of benzene rings is 1. The smallest absolute Gasteiger partial charge is 0.178 e. The predicted molar refractivity (Wildman–Crippen MR) is 96.7 cm³/mol. The van der Waals surface area contributed by atoms with E-state index in [0.29, 0.717) is 12.5 Å². The van der Waals surface area contributed by atoms with E-state index < -0.39 is 0 Å². The summed E-state index contributed by atoms with van der Waals surface area (Å²) >= 11 is 0. The number of rotatable bonds is 4. The zero-order valence-corrected chi connectivity index (χ0v) is 14.4. The first-order chi connectivity index (χ1) is 12.2. The number of fused-ring (bicyclic) bond motifs is 1. The van der Waals surface area contributed by atoms with Crippen LogP contribution >= 0.6 is 0 Å². The van der Waals surface area contributed by atoms with Gasteiger partial charge in [0.2, 0.25) is 0 Å². The molecule has 1 fully saturated rings. The topological polar surface area (TPSA) is 75.3 Å². The molecule has 0 unspecified atom stereocenters. The maximum absolute atomic E-state index is 9.41. The highest BCUT2D eigenvalue weighted by Crippen LogP contribution is 2.25. The largest absolute Gasteiger partial charge is 0.508 e. The molecular formula is C19H23N5O. The molecule has 1 aliphatic carbocycles. The number of phenols is 1. The highest BCUT2D eigenvalue weighted by molar-refractivity contribution is 5.45. The molecule has 0 atom stereocenters. The molecule has 4 rings (SSSR count). The second-order valence-corrected chi connectivity index (χ2v) is 7.05. The summed E-state index contributed by atoms with van der Waals surface area (Å²) < 4.78 is 1.81. The zero-order chi connectivity index (χ0) is 17.2. The quantitative estimate of drug-likeness (QED) is 0.763. The maximum atomic E-state index is 9.41. The number of hydrogen-bond acceptors (Lipinski definition) is 5. The van der Waals surface area contributed by atoms with Crippen molar-refractivity contribution in [3.63, 3.8) is 0 Å². The molecule has 130 valence electrons. The monoisotopic (exact) mass is 337 g/mol. The van der Waals surface area contributed by atoms with E-state index in [1.54, 1.807) is 16.6 Å². The Hall–Kier alpha value is -2.63. The van der Waals surface area contributed by atoms with Crippen molar-refractivity contribution in [2.75, 3.05) is 5.32 Å². The summed E-state index contributed by atoms with van der Waals surface area (Å²) in [5.41, 5.74) is 1.81. The lowest BCUT2D eigenvalue weighted by Crippen LogP contribution is -2.26. The van der Waals surface area contributed by atoms with Crippen LogP contribution in [-0.4, -0.2) is 31.0 Å². The SMILES string of the molecule is CC1CCC(Nc2ccc3nnc(Cc4ccc(O)cc4)n3n2)CC1. The molecule has 25 heavy (non-hydrogen) atoms. The molecule has 0 aliphatic heterocycles. The standard InChI is InChI=1S/C19H23N5O/c1-13-2-6-15(7-3-13)20-17-10-11-18-21-22-19(24(18)23-17)12-14-4-8-16(25)9-5-14/h4-5,8-11,13,15,25H,2-3,6-7,12H2,1H3,(H,20,23). The molecule has 6 nitrogen and oxygen atoms in total. The van der Waals surface area contributed by atoms with Gasteiger partial charge in [-0.1, -0.05) is 19.1 Å². The Morgan fingerprint density at radius 2 is 1.80 bits per heavy atom. The highest BCUT2D eigenvalue weighted by atomic mass is 16.3. The molecule has 1 saturated carbocycles. The molecule has 0 saturated heterocycles. The summed E-state index contributed by atoms with van der Waals surface area (Å²) in [5.74, 6) is 2.77. The van der Waals surface area contributed by atoms with Crippen LogP contribution in [0.25, 0.3) is 5.65 Å². The van der Waals surface area contributed by atoms with Crippen molar-refractivity contribution in [3.8, 4) is 5.75 Å². The molecule has 2 heterocycles. The third-order valence-corrected chi connectivity index (χ3v) is 4.99. The van der Waals surface area contributed by atoms with Crippen LogP contribution in [-0.2, 0) is 6.42 Å². The Morgan fingerprint density at radius 1 is 1.04 bits per heavy atom. The third kappa shape index (κ3) is 3.57. The lowest BCUT2D eigenvalue weighted by molar-refractivity contribution is 0.360. The molecule has 0 spiro atoms. The minimum atomic E-state index is 0.265. The summed E-state index contributed by atoms with van der Waals surface area (Å²) in [6.45, 7) is 2.33. The third-order valence-electron chi connectivity index (χ3n) is 4.99. The van der Waals surface area contributed by atoms with E-state index in [1.807, 2.05) is 24.3 Å². The van der Waals surface area contributed by atoms with Gasteiger partial charge >= 0.3 is 0 Å². The Labute approximate surface area is 146 Å². The van der Waals surface area contributed by atoms with Crippen LogP contribution in [0.4, 0.5) is 5.82 Å². The van der Waals surface area contributed by atoms with Crippen molar-refractivity contribution in [2.24, 2.45) is 5.92 Å². The van der Waals surface area contributed by atoms with Crippen molar-refractivity contribution in [1.29, 1.82) is 0 Å². The van der Waals surface area contributed by atoms with Gasteiger partial charge in [-0.15, -0.1) is 15.3 Å². The summed E-state index contributed by atoms with van der Waals surface area (Å²) in [4.78, 5) is 0. The Morgan fingerprint density at radius 3 is 2.56 bits per heavy atom. The molecule has 2 aromatic heterocycles. The first kappa shape index (κ1) is 15.9. The zero-order valence-electron chi connectivity index (χ0n) is 14.4. The summed E-state index contributed by atoms with van der Waals surface area (Å²) in [5, 5.41) is 26.1. The Balaban J connectivity index is 1.54. The van der Waals surface area contributed by atoms with Crippen LogP contribution in [0.5, 0.6) is 5.75 Å². The lowest BCUT2D eigenvalue weighted by Gasteiger charge is -2.27. The number of anilines is 1. The van der Waals surface area contributed by atoms with Crippen LogP contribution in [0.3, 0.4) is 0 Å². The van der Waals surface area contributed by atoms with Crippen LogP contribution < -0.4 is 5.32 Å². The van der Waals surface area contributed by atoms with E-state index in [1.165, 1.54) is 25.7 Å². The lowest BCUT2D eigenvalue weighted by atomic mass is 9.87. The van der Waals surface area contributed by atoms with Crippen molar-refractivity contribution >= 4 is 11.5 Å². The molecule has 1 aliphatic rings. The minimum Gasteiger partial charge on any atom is -0.508 e. The number of aromatic hydroxyl groups is 1. The number of phenolic OH excluding ortho intramolecular Hbond substituents is 1. The van der Waals surface area contributed by atoms with E-state index in [2.05, 4.69) is 22.4 Å². The summed E-state index contributed by atoms with van der Waals surface area (Å²) in [6.07, 6.45) is 5.57. The molecule has 0 radical (unpaired) electrons. The van der Waals surface area contributed by atoms with E-state index in [9.17, 15) is 5.11 Å². The Kier molecular flexibility index (Phi) is 4.26. The van der Waals surface area contributed by atoms with E-state index in [4.69, 9.17) is 5.10 Å². The highest BCUT2D eigenvalue weighted by Gasteiger charge is 2.18. The van der Waals surface area contributed by atoms with Gasteiger partial charge in [-0.05, 0) is 61.4 Å². The van der Waals surface area contributed by atoms with Crippen LogP contribution in [0.15, 0.2) is 36.4 Å². The van der Waals surface area contributed by atoms with Gasteiger partial charge in [0.05, 0.1) is 0 Å². The fourth-order valence-electron chi connectivity index (χ4n) is 3.43. The van der Waals surface area contributed by atoms with Gasteiger partial charge in [-0.25, -0.2) is 0 Å². The first-order valence-electron chi connectivity index (χ1n) is 8.93. The normalized spacial score (nSPS) is 20.7. The number of aromatic nitrogens is 4. The second kappa shape index (κ2) is 6.70. The van der Waals surface area contributed by atoms with E-state index in [0.717, 1.165) is 28.8 Å². The van der Waals surface area contributed by atoms with Crippen LogP contribution in [0.1, 0.15) is 44.0 Å². The fraction of sp³-hybridized carbons (Fsp3) is 0.421. The van der Waals surface area contributed by atoms with Gasteiger partial charge in [0.15, 0.2) is 11.5 Å². The van der Waals surface area contributed by atoms with Crippen LogP contribution in [0, 0.1) is 5.92 Å². The van der Waals surface area contributed by atoms with Gasteiger partial charge in [0.1, 0.15) is 11.6 Å². The van der Waals surface area contributed by atoms with Gasteiger partial charge in [-0.2, -0.15) is 4.52 Å². The van der Waals surface area contributed by atoms with Crippen molar-refractivity contribution in [2.45, 2.75) is 45.1 Å². The molecule has 3 aromatic rings. The summed E-state index contributed by atoms with van der Waals surface area (Å²) in [6, 6.07) is 11.6. The number of hydrogen-bond donors (Lipinski definition) is 2. The molecule has 2 N–H and O–H groups in total. The molecule has 1 aromatic carbocycles. The molecular weight excluding hydrogens is 314 g/mol. The van der Waals surface area contributed by atoms with Crippen molar-refractivity contribution in [3.05, 3.63) is 47.8 Å². The number of nitrogens with zero attached hydrogens (tertiary/aromatic N) is 4. The average molecular weight is 337 g/mol. The predicted octanol–water partition coefficient (Wildman–Crippen LogP) is 3.41. The Bertz CT molecular complexity index is 850. The summed E-state index contributed by atoms with van der Waals surface area (Å²) in [7, 11) is 0. The van der Waals surface area contributed by atoms with Gasteiger partial charge < -0.3 is 10.4 Å². The molecule has 6 heteroatoms. The van der Waals surface area contributed by atoms with Gasteiger partial charge in [0, 0.05) is 12.5 Å². The average Bonchev–Trinajstić information content (AvgIpc) is 3.01. The van der Waals surface area contributed by atoms with Crippen molar-refractivity contribution in [1.82, 2.24) is 19.8 Å². The van der Waals surface area contributed by atoms with Crippen LogP contribution in [0.2, 0.25) is 0 Å². The minimum absolute atomic E-state index is 0.265. The second-order valence-electron chi connectivity index (χ2n) is 7.05. The number of nitrogens with one attached hydrogen (secondary N) is 1. The van der Waals surface area contributed by atoms with E-state index in [-0.39, 0.29) is 5.75 Å². The maximum Gasteiger partial charge on any atom is 0.178 e. The van der Waals surface area contributed by atoms with Crippen molar-refractivity contribution < 1.29 is 5.11 Å². The van der Waals surface area contributed by atoms with Gasteiger partial charge in [-0.3, -0.25) is 0 Å². The molecule has 0 amide bonds. The van der Waals surface area contributed by atoms with E-state index >= 15 is 0 Å². The fourth-order valence-corrected chi connectivity index (χ4v) is 3.43. The van der Waals surface area contributed by atoms with Gasteiger partial charge in [0.25, 0.3) is 0 Å². The molecule has 0 bridgehead atoms.